The zero-order valence-corrected chi connectivity index (χ0v) is 13.9. The highest BCUT2D eigenvalue weighted by molar-refractivity contribution is 5.99. The number of carbonyl (C=O) groups is 2. The summed E-state index contributed by atoms with van der Waals surface area (Å²) in [5.74, 6) is 0.224. The average Bonchev–Trinajstić information content (AvgIpc) is 3.07. The van der Waals surface area contributed by atoms with Crippen LogP contribution in [-0.2, 0) is 9.53 Å². The number of morpholine rings is 1. The Hall–Kier alpha value is -1.88. The third kappa shape index (κ3) is 2.81. The maximum absolute atomic E-state index is 13.1. The number of hydrogen-bond donors (Lipinski definition) is 0. The van der Waals surface area contributed by atoms with E-state index >= 15 is 0 Å². The summed E-state index contributed by atoms with van der Waals surface area (Å²) in [5, 5.41) is 0. The number of rotatable bonds is 2. The van der Waals surface area contributed by atoms with E-state index in [2.05, 4.69) is 0 Å². The Bertz CT molecular complexity index is 643. The van der Waals surface area contributed by atoms with E-state index in [4.69, 9.17) is 4.74 Å². The van der Waals surface area contributed by atoms with Crippen LogP contribution in [0.2, 0.25) is 0 Å². The first-order valence-electron chi connectivity index (χ1n) is 9.07. The van der Waals surface area contributed by atoms with Crippen LogP contribution in [0.1, 0.15) is 48.9 Å². The molecule has 0 bridgehead atoms. The van der Waals surface area contributed by atoms with Crippen molar-refractivity contribution in [2.45, 2.75) is 50.7 Å². The maximum Gasteiger partial charge on any atom is 0.254 e. The van der Waals surface area contributed by atoms with Crippen LogP contribution in [0, 0.1) is 0 Å². The van der Waals surface area contributed by atoms with E-state index in [1.54, 1.807) is 4.90 Å². The molecule has 0 N–H and O–H groups in total. The standard InChI is InChI=1S/C19H24N2O3/c22-18-9-4-10-20(18)15-6-3-5-14(13-15)19(23)21-11-12-24-17-8-2-1-7-16(17)21/h3,5-6,13,16-17H,1-2,4,7-12H2. The van der Waals surface area contributed by atoms with E-state index in [0.717, 1.165) is 37.9 Å². The second kappa shape index (κ2) is 6.55. The van der Waals surface area contributed by atoms with Crippen LogP contribution in [0.15, 0.2) is 24.3 Å². The van der Waals surface area contributed by atoms with Gasteiger partial charge in [0.25, 0.3) is 5.91 Å². The van der Waals surface area contributed by atoms with Crippen molar-refractivity contribution < 1.29 is 14.3 Å². The van der Waals surface area contributed by atoms with Gasteiger partial charge in [0.05, 0.1) is 18.8 Å². The molecule has 1 aromatic rings. The van der Waals surface area contributed by atoms with Crippen LogP contribution in [0.25, 0.3) is 0 Å². The molecule has 2 amide bonds. The Balaban J connectivity index is 1.56. The molecule has 1 aliphatic carbocycles. The summed E-state index contributed by atoms with van der Waals surface area (Å²) in [7, 11) is 0. The molecule has 0 radical (unpaired) electrons. The third-order valence-electron chi connectivity index (χ3n) is 5.47. The Labute approximate surface area is 142 Å². The number of fused-ring (bicyclic) bond motifs is 1. The van der Waals surface area contributed by atoms with Gasteiger partial charge in [0, 0.05) is 30.8 Å². The Morgan fingerprint density at radius 2 is 2.00 bits per heavy atom. The predicted molar refractivity (Wildman–Crippen MR) is 91.1 cm³/mol. The monoisotopic (exact) mass is 328 g/mol. The second-order valence-corrected chi connectivity index (χ2v) is 6.96. The van der Waals surface area contributed by atoms with Crippen molar-refractivity contribution in [2.75, 3.05) is 24.6 Å². The number of ether oxygens (including phenoxy) is 1. The number of carbonyl (C=O) groups excluding carboxylic acids is 2. The van der Waals surface area contributed by atoms with Crippen LogP contribution in [0.5, 0.6) is 0 Å². The van der Waals surface area contributed by atoms with Gasteiger partial charge in [0.15, 0.2) is 0 Å². The summed E-state index contributed by atoms with van der Waals surface area (Å²) in [6.45, 7) is 2.03. The summed E-state index contributed by atoms with van der Waals surface area (Å²) in [6.07, 6.45) is 6.12. The van der Waals surface area contributed by atoms with Gasteiger partial charge in [-0.3, -0.25) is 9.59 Å². The van der Waals surface area contributed by atoms with Crippen molar-refractivity contribution >= 4 is 17.5 Å². The number of hydrogen-bond acceptors (Lipinski definition) is 3. The van der Waals surface area contributed by atoms with Crippen molar-refractivity contribution in [2.24, 2.45) is 0 Å². The Morgan fingerprint density at radius 3 is 2.83 bits per heavy atom. The van der Waals surface area contributed by atoms with Crippen LogP contribution in [0.4, 0.5) is 5.69 Å². The van der Waals surface area contributed by atoms with Gasteiger partial charge < -0.3 is 14.5 Å². The molecule has 0 aromatic heterocycles. The lowest BCUT2D eigenvalue weighted by Crippen LogP contribution is -2.54. The Kier molecular flexibility index (Phi) is 4.27. The van der Waals surface area contributed by atoms with E-state index in [0.29, 0.717) is 25.1 Å². The number of nitrogens with zero attached hydrogens (tertiary/aromatic N) is 2. The molecule has 4 rings (SSSR count). The fourth-order valence-electron chi connectivity index (χ4n) is 4.24. The van der Waals surface area contributed by atoms with Crippen molar-refractivity contribution in [3.05, 3.63) is 29.8 Å². The van der Waals surface area contributed by atoms with Crippen LogP contribution in [0.3, 0.4) is 0 Å². The molecule has 5 heteroatoms. The molecule has 2 saturated heterocycles. The molecule has 5 nitrogen and oxygen atoms in total. The van der Waals surface area contributed by atoms with Gasteiger partial charge in [-0.05, 0) is 37.5 Å². The van der Waals surface area contributed by atoms with E-state index in [9.17, 15) is 9.59 Å². The van der Waals surface area contributed by atoms with Gasteiger partial charge in [-0.25, -0.2) is 0 Å². The van der Waals surface area contributed by atoms with Gasteiger partial charge >= 0.3 is 0 Å². The number of benzene rings is 1. The number of anilines is 1. The highest BCUT2D eigenvalue weighted by Gasteiger charge is 2.37. The number of amides is 2. The molecule has 0 spiro atoms. The molecular formula is C19H24N2O3. The fraction of sp³-hybridized carbons (Fsp3) is 0.579. The average molecular weight is 328 g/mol. The van der Waals surface area contributed by atoms with E-state index < -0.39 is 0 Å². The molecular weight excluding hydrogens is 304 g/mol. The maximum atomic E-state index is 13.1. The molecule has 2 heterocycles. The summed E-state index contributed by atoms with van der Waals surface area (Å²) in [6, 6.07) is 7.74. The first-order valence-corrected chi connectivity index (χ1v) is 9.07. The first-order chi connectivity index (χ1) is 11.7. The fourth-order valence-corrected chi connectivity index (χ4v) is 4.24. The topological polar surface area (TPSA) is 49.9 Å². The largest absolute Gasteiger partial charge is 0.374 e. The summed E-state index contributed by atoms with van der Waals surface area (Å²) in [5.41, 5.74) is 1.52. The lowest BCUT2D eigenvalue weighted by atomic mass is 9.89. The molecule has 2 atom stereocenters. The predicted octanol–water partition coefficient (Wildman–Crippen LogP) is 2.60. The third-order valence-corrected chi connectivity index (χ3v) is 5.47. The van der Waals surface area contributed by atoms with E-state index in [1.165, 1.54) is 6.42 Å². The zero-order valence-electron chi connectivity index (χ0n) is 13.9. The Morgan fingerprint density at radius 1 is 1.12 bits per heavy atom. The van der Waals surface area contributed by atoms with Gasteiger partial charge in [0.2, 0.25) is 5.91 Å². The summed E-state index contributed by atoms with van der Waals surface area (Å²) in [4.78, 5) is 28.8. The highest BCUT2D eigenvalue weighted by atomic mass is 16.5. The second-order valence-electron chi connectivity index (χ2n) is 6.96. The molecule has 2 aliphatic heterocycles. The molecule has 24 heavy (non-hydrogen) atoms. The minimum absolute atomic E-state index is 0.0729. The van der Waals surface area contributed by atoms with Crippen LogP contribution >= 0.6 is 0 Å². The van der Waals surface area contributed by atoms with Crippen molar-refractivity contribution in [3.63, 3.8) is 0 Å². The van der Waals surface area contributed by atoms with Crippen molar-refractivity contribution in [1.82, 2.24) is 4.90 Å². The lowest BCUT2D eigenvalue weighted by molar-refractivity contribution is -0.117. The van der Waals surface area contributed by atoms with Gasteiger partial charge in [0.1, 0.15) is 0 Å². The van der Waals surface area contributed by atoms with Gasteiger partial charge in [-0.15, -0.1) is 0 Å². The molecule has 3 aliphatic rings. The molecule has 1 saturated carbocycles. The molecule has 128 valence electrons. The smallest absolute Gasteiger partial charge is 0.254 e. The van der Waals surface area contributed by atoms with Gasteiger partial charge in [-0.2, -0.15) is 0 Å². The molecule has 2 unspecified atom stereocenters. The minimum Gasteiger partial charge on any atom is -0.374 e. The van der Waals surface area contributed by atoms with Crippen LogP contribution < -0.4 is 4.90 Å². The summed E-state index contributed by atoms with van der Waals surface area (Å²) >= 11 is 0. The summed E-state index contributed by atoms with van der Waals surface area (Å²) < 4.78 is 5.87. The first kappa shape index (κ1) is 15.6. The van der Waals surface area contributed by atoms with E-state index in [-0.39, 0.29) is 24.0 Å². The normalized spacial score (nSPS) is 27.2. The SMILES string of the molecule is O=C1CCCN1c1cccc(C(=O)N2CCOC3CCCCC32)c1. The quantitative estimate of drug-likeness (QED) is 0.838. The van der Waals surface area contributed by atoms with E-state index in [1.807, 2.05) is 29.2 Å². The van der Waals surface area contributed by atoms with Gasteiger partial charge in [-0.1, -0.05) is 18.9 Å². The minimum atomic E-state index is 0.0729. The van der Waals surface area contributed by atoms with Crippen LogP contribution in [-0.4, -0.2) is 48.6 Å². The lowest BCUT2D eigenvalue weighted by Gasteiger charge is -2.43. The highest BCUT2D eigenvalue weighted by Crippen LogP contribution is 2.30. The van der Waals surface area contributed by atoms with Crippen molar-refractivity contribution in [3.8, 4) is 0 Å². The molecule has 1 aromatic carbocycles. The molecule has 3 fully saturated rings. The van der Waals surface area contributed by atoms with Crippen molar-refractivity contribution in [1.29, 1.82) is 0 Å². The zero-order chi connectivity index (χ0) is 16.5.